The fourth-order valence-corrected chi connectivity index (χ4v) is 1.69. The van der Waals surface area contributed by atoms with Crippen LogP contribution < -0.4 is 5.09 Å². The van der Waals surface area contributed by atoms with Crippen molar-refractivity contribution in [1.82, 2.24) is 5.09 Å². The molecular formula is C7H18NO3P3. The zero-order chi connectivity index (χ0) is 10.5. The summed E-state index contributed by atoms with van der Waals surface area (Å²) in [7, 11) is 4.55. The molecule has 0 aromatic heterocycles. The first kappa shape index (κ1) is 16.8. The van der Waals surface area contributed by atoms with E-state index in [1.165, 1.54) is 0 Å². The van der Waals surface area contributed by atoms with E-state index < -0.39 is 17.4 Å². The first-order chi connectivity index (χ1) is 6.02. The molecule has 0 heterocycles. The summed E-state index contributed by atoms with van der Waals surface area (Å²) < 4.78 is 4.84. The Hall–Kier alpha value is 0.390. The summed E-state index contributed by atoms with van der Waals surface area (Å²) in [5.74, 6) is -0.853. The van der Waals surface area contributed by atoms with Gasteiger partial charge in [-0.1, -0.05) is 32.7 Å². The maximum Gasteiger partial charge on any atom is 0.329 e. The predicted octanol–water partition coefficient (Wildman–Crippen LogP) is 1.52. The van der Waals surface area contributed by atoms with Gasteiger partial charge in [-0.3, -0.25) is 5.09 Å². The topological polar surface area (TPSA) is 55.4 Å². The largest absolute Gasteiger partial charge is 0.443 e. The predicted molar refractivity (Wildman–Crippen MR) is 67.3 cm³/mol. The Labute approximate surface area is 91.5 Å². The zero-order valence-corrected chi connectivity index (χ0v) is 10.8. The summed E-state index contributed by atoms with van der Waals surface area (Å²) in [5.41, 5.74) is -0.962. The van der Waals surface area contributed by atoms with Crippen molar-refractivity contribution in [3.05, 3.63) is 0 Å². The number of carbonyl (C=O) groups is 2. The first-order valence-electron chi connectivity index (χ1n) is 3.62. The second-order valence-electron chi connectivity index (χ2n) is 2.78. The second-order valence-corrected chi connectivity index (χ2v) is 4.21. The molecule has 0 bridgehead atoms. The van der Waals surface area contributed by atoms with Gasteiger partial charge in [-0.15, -0.1) is 0 Å². The second kappa shape index (κ2) is 7.65. The van der Waals surface area contributed by atoms with E-state index in [2.05, 4.69) is 23.4 Å². The normalized spacial score (nSPS) is 16.9. The third kappa shape index (κ3) is 3.87. The Morgan fingerprint density at radius 3 is 2.50 bits per heavy atom. The van der Waals surface area contributed by atoms with Gasteiger partial charge in [0.25, 0.3) is 0 Å². The van der Waals surface area contributed by atoms with Gasteiger partial charge in [0.05, 0.1) is 8.50 Å². The van der Waals surface area contributed by atoms with E-state index in [1.807, 2.05) is 0 Å². The summed E-state index contributed by atoms with van der Waals surface area (Å²) in [4.78, 5) is 22.0. The SMILES string of the molecule is C.CC(C=O)C(C)(NP)C(=O)OPP. The highest BCUT2D eigenvalue weighted by Crippen LogP contribution is 2.27. The minimum atomic E-state index is -0.962. The third-order valence-electron chi connectivity index (χ3n) is 1.99. The Balaban J connectivity index is 0. The van der Waals surface area contributed by atoms with Crippen LogP contribution in [-0.4, -0.2) is 17.8 Å². The number of nitrogens with one attached hydrogen (secondary N) is 1. The molecule has 0 amide bonds. The molecule has 0 radical (unpaired) electrons. The van der Waals surface area contributed by atoms with Crippen molar-refractivity contribution in [3.63, 3.8) is 0 Å². The average molecular weight is 257 g/mol. The molecule has 0 rings (SSSR count). The van der Waals surface area contributed by atoms with Crippen LogP contribution >= 0.6 is 26.8 Å². The average Bonchev–Trinajstić information content (AvgIpc) is 2.15. The van der Waals surface area contributed by atoms with Crippen molar-refractivity contribution in [1.29, 1.82) is 0 Å². The molecule has 0 saturated carbocycles. The van der Waals surface area contributed by atoms with Crippen molar-refractivity contribution in [2.75, 3.05) is 0 Å². The van der Waals surface area contributed by atoms with Crippen LogP contribution in [0.2, 0.25) is 0 Å². The van der Waals surface area contributed by atoms with E-state index in [4.69, 9.17) is 4.52 Å². The quantitative estimate of drug-likeness (QED) is 0.599. The van der Waals surface area contributed by atoms with Crippen molar-refractivity contribution >= 4 is 39.1 Å². The number of hydrogen-bond acceptors (Lipinski definition) is 4. The lowest BCUT2D eigenvalue weighted by molar-refractivity contribution is -0.142. The van der Waals surface area contributed by atoms with Gasteiger partial charge in [-0.25, -0.2) is 4.79 Å². The molecule has 0 aliphatic carbocycles. The van der Waals surface area contributed by atoms with E-state index >= 15 is 0 Å². The molecule has 0 saturated heterocycles. The maximum absolute atomic E-state index is 11.4. The van der Waals surface area contributed by atoms with Gasteiger partial charge in [0.1, 0.15) is 11.8 Å². The van der Waals surface area contributed by atoms with Crippen LogP contribution in [-0.2, 0) is 14.1 Å². The van der Waals surface area contributed by atoms with E-state index in [1.54, 1.807) is 13.8 Å². The molecule has 14 heavy (non-hydrogen) atoms. The van der Waals surface area contributed by atoms with Crippen LogP contribution in [0.25, 0.3) is 0 Å². The summed E-state index contributed by atoms with van der Waals surface area (Å²) >= 11 is 0. The fraction of sp³-hybridized carbons (Fsp3) is 0.714. The molecule has 0 aliphatic rings. The Morgan fingerprint density at radius 2 is 2.21 bits per heavy atom. The summed E-state index contributed by atoms with van der Waals surface area (Å²) in [6.07, 6.45) is 0.726. The van der Waals surface area contributed by atoms with Crippen LogP contribution in [0.5, 0.6) is 0 Å². The van der Waals surface area contributed by atoms with Crippen molar-refractivity contribution in [2.45, 2.75) is 26.8 Å². The van der Waals surface area contributed by atoms with Crippen LogP contribution in [0.15, 0.2) is 0 Å². The van der Waals surface area contributed by atoms with E-state index in [9.17, 15) is 9.59 Å². The first-order valence-corrected chi connectivity index (χ1v) is 6.92. The van der Waals surface area contributed by atoms with Crippen molar-refractivity contribution in [3.8, 4) is 0 Å². The number of rotatable bonds is 5. The summed E-state index contributed by atoms with van der Waals surface area (Å²) in [6.45, 7) is 3.30. The molecule has 84 valence electrons. The van der Waals surface area contributed by atoms with E-state index in [0.717, 1.165) is 6.29 Å². The van der Waals surface area contributed by atoms with Crippen LogP contribution in [0, 0.1) is 5.92 Å². The molecule has 0 aromatic rings. The van der Waals surface area contributed by atoms with Crippen molar-refractivity contribution in [2.24, 2.45) is 5.92 Å². The molecule has 0 spiro atoms. The highest BCUT2D eigenvalue weighted by atomic mass is 32.0. The van der Waals surface area contributed by atoms with Gasteiger partial charge in [0, 0.05) is 5.92 Å². The smallest absolute Gasteiger partial charge is 0.329 e. The molecule has 4 nitrogen and oxygen atoms in total. The number of hydrogen-bond donors (Lipinski definition) is 1. The third-order valence-corrected chi connectivity index (χ3v) is 3.25. The maximum atomic E-state index is 11.4. The minimum Gasteiger partial charge on any atom is -0.443 e. The number of aldehydes is 1. The van der Waals surface area contributed by atoms with Gasteiger partial charge in [0.2, 0.25) is 0 Å². The highest BCUT2D eigenvalue weighted by molar-refractivity contribution is 8.00. The fourth-order valence-electron chi connectivity index (χ4n) is 0.672. The summed E-state index contributed by atoms with van der Waals surface area (Å²) in [6, 6.07) is 0. The van der Waals surface area contributed by atoms with Crippen LogP contribution in [0.1, 0.15) is 21.3 Å². The molecule has 5 unspecified atom stereocenters. The van der Waals surface area contributed by atoms with Crippen LogP contribution in [0.3, 0.4) is 0 Å². The number of carbonyl (C=O) groups excluding carboxylic acids is 2. The van der Waals surface area contributed by atoms with Gasteiger partial charge < -0.3 is 9.32 Å². The molecule has 0 aromatic carbocycles. The molecule has 5 atom stereocenters. The lowest BCUT2D eigenvalue weighted by atomic mass is 9.89. The minimum absolute atomic E-state index is 0. The van der Waals surface area contributed by atoms with E-state index in [-0.39, 0.29) is 15.9 Å². The van der Waals surface area contributed by atoms with Gasteiger partial charge in [0.15, 0.2) is 0 Å². The van der Waals surface area contributed by atoms with Gasteiger partial charge >= 0.3 is 5.97 Å². The Kier molecular flexibility index (Phi) is 9.19. The molecule has 0 aliphatic heterocycles. The lowest BCUT2D eigenvalue weighted by Gasteiger charge is -2.29. The van der Waals surface area contributed by atoms with Crippen molar-refractivity contribution < 1.29 is 14.1 Å². The van der Waals surface area contributed by atoms with E-state index in [0.29, 0.717) is 0 Å². The van der Waals surface area contributed by atoms with Gasteiger partial charge in [-0.2, -0.15) is 0 Å². The Morgan fingerprint density at radius 1 is 1.71 bits per heavy atom. The summed E-state index contributed by atoms with van der Waals surface area (Å²) in [5, 5.41) is 2.72. The van der Waals surface area contributed by atoms with Crippen LogP contribution in [0.4, 0.5) is 0 Å². The highest BCUT2D eigenvalue weighted by Gasteiger charge is 2.38. The Bertz CT molecular complexity index is 203. The monoisotopic (exact) mass is 257 g/mol. The standard InChI is InChI=1S/C6H14NO3P3.CH4/c1-4(3-8)6(2,7-11)5(9)10-13-12;/h3-4,7,13H,11-12H2,1-2H3;1H4. The molecule has 7 heteroatoms. The molecule has 1 N–H and O–H groups in total. The molecular weight excluding hydrogens is 239 g/mol. The van der Waals surface area contributed by atoms with Gasteiger partial charge in [-0.05, 0) is 6.92 Å². The molecule has 0 fully saturated rings. The zero-order valence-electron chi connectivity index (χ0n) is 7.53. The lowest BCUT2D eigenvalue weighted by Crippen LogP contribution is -2.51.